The van der Waals surface area contributed by atoms with Crippen molar-refractivity contribution in [3.8, 4) is 0 Å². The molecule has 1 saturated heterocycles. The number of halogens is 1. The highest BCUT2D eigenvalue weighted by molar-refractivity contribution is 8.27. The third-order valence-corrected chi connectivity index (χ3v) is 6.92. The van der Waals surface area contributed by atoms with Crippen molar-refractivity contribution in [1.82, 2.24) is 10.6 Å². The van der Waals surface area contributed by atoms with Crippen LogP contribution in [-0.2, 0) is 0 Å². The summed E-state index contributed by atoms with van der Waals surface area (Å²) in [7, 11) is -3.39. The molecule has 0 saturated carbocycles. The van der Waals surface area contributed by atoms with Gasteiger partial charge in [-0.25, -0.2) is 8.70 Å². The Bertz CT molecular complexity index is 801. The van der Waals surface area contributed by atoms with Gasteiger partial charge in [0.05, 0.1) is 17.9 Å². The molecule has 4 rings (SSSR count). The number of nitrogens with one attached hydrogen (secondary N) is 2. The molecule has 1 fully saturated rings. The van der Waals surface area contributed by atoms with Crippen LogP contribution in [0.3, 0.4) is 0 Å². The highest BCUT2D eigenvalue weighted by Crippen LogP contribution is 2.64. The van der Waals surface area contributed by atoms with Gasteiger partial charge in [-0.15, -0.1) is 0 Å². The number of hydrogen-bond acceptors (Lipinski definition) is 6. The molecule has 146 valence electrons. The summed E-state index contributed by atoms with van der Waals surface area (Å²) in [4.78, 5) is 0. The lowest BCUT2D eigenvalue weighted by Crippen LogP contribution is -2.43. The van der Waals surface area contributed by atoms with Gasteiger partial charge >= 0.3 is 0 Å². The van der Waals surface area contributed by atoms with Gasteiger partial charge in [-0.1, -0.05) is 24.3 Å². The average Bonchev–Trinajstić information content (AvgIpc) is 2.90. The first-order valence-corrected chi connectivity index (χ1v) is 10.7. The summed E-state index contributed by atoms with van der Waals surface area (Å²) in [6.07, 6.45) is 2.13. The summed E-state index contributed by atoms with van der Waals surface area (Å²) in [5.74, 6) is -0.484. The molecule has 0 unspecified atom stereocenters. The lowest BCUT2D eigenvalue weighted by Gasteiger charge is -2.44. The quantitative estimate of drug-likeness (QED) is 0.622. The Balaban J connectivity index is 1.58. The van der Waals surface area contributed by atoms with Gasteiger partial charge < -0.3 is 10.6 Å². The van der Waals surface area contributed by atoms with Gasteiger partial charge in [0.2, 0.25) is 0 Å². The van der Waals surface area contributed by atoms with Crippen LogP contribution in [0.25, 0.3) is 0 Å². The zero-order chi connectivity index (χ0) is 18.9. The maximum Gasteiger partial charge on any atom is 0.148 e. The molecule has 0 atom stereocenters. The first kappa shape index (κ1) is 18.5. The van der Waals surface area contributed by atoms with Crippen molar-refractivity contribution in [3.05, 3.63) is 54.3 Å². The minimum atomic E-state index is -3.39. The van der Waals surface area contributed by atoms with E-state index in [2.05, 4.69) is 10.6 Å². The fourth-order valence-corrected chi connectivity index (χ4v) is 5.51. The second-order valence-electron chi connectivity index (χ2n) is 6.80. The van der Waals surface area contributed by atoms with Gasteiger partial charge in [0.15, 0.2) is 0 Å². The number of hydrogen-bond donors (Lipinski definition) is 4. The maximum absolute atomic E-state index is 14.4. The Kier molecular flexibility index (Phi) is 5.25. The predicted octanol–water partition coefficient (Wildman–Crippen LogP) is 3.71. The van der Waals surface area contributed by atoms with Crippen LogP contribution in [0.4, 0.5) is 21.5 Å². The topological polar surface area (TPSA) is 71.0 Å². The third-order valence-electron chi connectivity index (χ3n) is 5.07. The van der Waals surface area contributed by atoms with Gasteiger partial charge in [0.1, 0.15) is 11.5 Å². The number of anilines is 3. The molecule has 0 radical (unpaired) electrons. The monoisotopic (exact) mass is 392 g/mol. The highest BCUT2D eigenvalue weighted by atomic mass is 32.3. The smallest absolute Gasteiger partial charge is 0.148 e. The van der Waals surface area contributed by atoms with Crippen LogP contribution in [0.5, 0.6) is 0 Å². The van der Waals surface area contributed by atoms with Crippen LogP contribution >= 0.6 is 11.0 Å². The molecule has 0 bridgehead atoms. The van der Waals surface area contributed by atoms with E-state index in [4.69, 9.17) is 0 Å². The molecular formula is C19H25FN4O2S. The summed E-state index contributed by atoms with van der Waals surface area (Å²) in [6, 6.07) is 13.9. The van der Waals surface area contributed by atoms with Crippen LogP contribution in [0.2, 0.25) is 0 Å². The Morgan fingerprint density at radius 1 is 1.00 bits per heavy atom. The number of rotatable bonds is 5. The standard InChI is InChI=1S/C19H25FN4O2S/c20-16-5-1-2-6-17(16)24-19-8-4-3-7-18(19)23(27(24,25)26)14-13-22-15-9-11-21-12-10-15/h1-8,15,21-22,25-26H,9-14H2. The molecule has 27 heavy (non-hydrogen) atoms. The molecule has 2 aromatic rings. The molecule has 2 aliphatic rings. The molecule has 0 aliphatic carbocycles. The van der Waals surface area contributed by atoms with Gasteiger partial charge in [-0.3, -0.25) is 13.4 Å². The van der Waals surface area contributed by atoms with Crippen LogP contribution in [0.15, 0.2) is 48.5 Å². The molecule has 2 heterocycles. The SMILES string of the molecule is OS1(O)N(CCNC2CCNCC2)c2ccccc2N1c1ccccc1F. The molecule has 4 N–H and O–H groups in total. The largest absolute Gasteiger partial charge is 0.317 e. The van der Waals surface area contributed by atoms with Crippen LogP contribution in [0, 0.1) is 5.82 Å². The van der Waals surface area contributed by atoms with E-state index < -0.39 is 16.8 Å². The number of benzene rings is 2. The van der Waals surface area contributed by atoms with Crippen molar-refractivity contribution in [1.29, 1.82) is 0 Å². The molecule has 0 spiro atoms. The van der Waals surface area contributed by atoms with Gasteiger partial charge in [0, 0.05) is 12.6 Å². The first-order valence-electron chi connectivity index (χ1n) is 9.23. The molecule has 2 aromatic carbocycles. The van der Waals surface area contributed by atoms with E-state index in [9.17, 15) is 13.5 Å². The zero-order valence-electron chi connectivity index (χ0n) is 15.0. The van der Waals surface area contributed by atoms with E-state index in [1.165, 1.54) is 10.4 Å². The first-order chi connectivity index (χ1) is 13.1. The van der Waals surface area contributed by atoms with Crippen molar-refractivity contribution in [2.24, 2.45) is 0 Å². The van der Waals surface area contributed by atoms with E-state index in [1.54, 1.807) is 28.6 Å². The molecule has 0 aromatic heterocycles. The van der Waals surface area contributed by atoms with E-state index in [0.717, 1.165) is 25.9 Å². The van der Waals surface area contributed by atoms with Gasteiger partial charge in [0.25, 0.3) is 0 Å². The normalized spacial score (nSPS) is 20.6. The molecule has 0 amide bonds. The molecular weight excluding hydrogens is 367 g/mol. The average molecular weight is 393 g/mol. The molecule has 2 aliphatic heterocycles. The Morgan fingerprint density at radius 2 is 1.63 bits per heavy atom. The van der Waals surface area contributed by atoms with Crippen molar-refractivity contribution in [2.45, 2.75) is 18.9 Å². The van der Waals surface area contributed by atoms with Crippen LogP contribution in [-0.4, -0.2) is 41.3 Å². The lowest BCUT2D eigenvalue weighted by molar-refractivity contribution is 0.390. The zero-order valence-corrected chi connectivity index (χ0v) is 15.8. The Labute approximate surface area is 160 Å². The van der Waals surface area contributed by atoms with E-state index in [0.29, 0.717) is 30.5 Å². The van der Waals surface area contributed by atoms with Crippen LogP contribution < -0.4 is 19.2 Å². The number of fused-ring (bicyclic) bond motifs is 1. The maximum atomic E-state index is 14.4. The molecule has 6 nitrogen and oxygen atoms in total. The van der Waals surface area contributed by atoms with Gasteiger partial charge in [-0.05, 0) is 61.2 Å². The summed E-state index contributed by atoms with van der Waals surface area (Å²) >= 11 is 0. The summed E-state index contributed by atoms with van der Waals surface area (Å²) in [5.41, 5.74) is 1.47. The van der Waals surface area contributed by atoms with Crippen LogP contribution in [0.1, 0.15) is 12.8 Å². The Morgan fingerprint density at radius 3 is 2.33 bits per heavy atom. The van der Waals surface area contributed by atoms with Crippen molar-refractivity contribution < 1.29 is 13.5 Å². The predicted molar refractivity (Wildman–Crippen MR) is 109 cm³/mol. The second kappa shape index (κ2) is 7.65. The summed E-state index contributed by atoms with van der Waals surface area (Å²) < 4.78 is 39.4. The van der Waals surface area contributed by atoms with Crippen molar-refractivity contribution in [2.75, 3.05) is 34.8 Å². The third kappa shape index (κ3) is 3.51. The number of piperidine rings is 1. The molecule has 8 heteroatoms. The fourth-order valence-electron chi connectivity index (χ4n) is 3.73. The number of para-hydroxylation sites is 3. The minimum Gasteiger partial charge on any atom is -0.317 e. The highest BCUT2D eigenvalue weighted by Gasteiger charge is 2.42. The summed E-state index contributed by atoms with van der Waals surface area (Å²) in [6.45, 7) is 3.05. The van der Waals surface area contributed by atoms with Gasteiger partial charge in [-0.2, -0.15) is 0 Å². The van der Waals surface area contributed by atoms with Crippen molar-refractivity contribution in [3.63, 3.8) is 0 Å². The van der Waals surface area contributed by atoms with Crippen molar-refractivity contribution >= 4 is 28.0 Å². The second-order valence-corrected chi connectivity index (χ2v) is 8.59. The van der Waals surface area contributed by atoms with E-state index >= 15 is 0 Å². The fraction of sp³-hybridized carbons (Fsp3) is 0.368. The number of nitrogens with zero attached hydrogens (tertiary/aromatic N) is 2. The summed E-state index contributed by atoms with van der Waals surface area (Å²) in [5, 5.41) is 6.83. The lowest BCUT2D eigenvalue weighted by atomic mass is 10.1. The van der Waals surface area contributed by atoms with E-state index in [1.807, 2.05) is 18.2 Å². The minimum absolute atomic E-state index is 0.166. The Hall–Kier alpha value is -1.84. The van der Waals surface area contributed by atoms with E-state index in [-0.39, 0.29) is 5.69 Å².